The van der Waals surface area contributed by atoms with Crippen LogP contribution >= 0.6 is 0 Å². The van der Waals surface area contributed by atoms with E-state index in [1.807, 2.05) is 18.2 Å². The summed E-state index contributed by atoms with van der Waals surface area (Å²) in [6.45, 7) is 2.15. The van der Waals surface area contributed by atoms with Crippen LogP contribution in [-0.4, -0.2) is 0 Å². The summed E-state index contributed by atoms with van der Waals surface area (Å²) in [6.07, 6.45) is 8.80. The zero-order valence-electron chi connectivity index (χ0n) is 17.0. The Hall–Kier alpha value is -3.12. The van der Waals surface area contributed by atoms with Crippen molar-refractivity contribution in [2.75, 3.05) is 0 Å². The molecule has 0 N–H and O–H groups in total. The third kappa shape index (κ3) is 3.00. The largest absolute Gasteiger partial charge is 0.455 e. The van der Waals surface area contributed by atoms with Gasteiger partial charge in [0.05, 0.1) is 17.2 Å². The highest BCUT2D eigenvalue weighted by Crippen LogP contribution is 2.39. The number of hydrogen-bond donors (Lipinski definition) is 0. The Morgan fingerprint density at radius 2 is 1.79 bits per heavy atom. The quantitative estimate of drug-likeness (QED) is 0.382. The molecule has 1 aliphatic rings. The second kappa shape index (κ2) is 7.04. The monoisotopic (exact) mass is 381 g/mol. The maximum absolute atomic E-state index is 9.24. The standard InChI is InChI=1S/C26H25N2O/c1-17-8-10-22-21-11-9-18(16-27)14-24(21)29-26(22)25(17)23-15-20(12-13-28(23)2)19-6-4-3-5-7-19/h8-15,19H,3-7H2,1-2H3/q+1. The van der Waals surface area contributed by atoms with Crippen molar-refractivity contribution >= 4 is 21.9 Å². The zero-order valence-corrected chi connectivity index (χ0v) is 17.0. The molecule has 0 amide bonds. The van der Waals surface area contributed by atoms with Crippen LogP contribution in [0.1, 0.15) is 54.7 Å². The highest BCUT2D eigenvalue weighted by Gasteiger charge is 2.23. The van der Waals surface area contributed by atoms with E-state index in [9.17, 15) is 5.26 Å². The molecule has 5 rings (SSSR count). The number of benzene rings is 2. The zero-order chi connectivity index (χ0) is 20.0. The van der Waals surface area contributed by atoms with E-state index in [0.717, 1.165) is 27.5 Å². The number of rotatable bonds is 2. The van der Waals surface area contributed by atoms with Gasteiger partial charge in [-0.3, -0.25) is 0 Å². The Morgan fingerprint density at radius 1 is 1.00 bits per heavy atom. The normalized spacial score (nSPS) is 15.1. The van der Waals surface area contributed by atoms with Gasteiger partial charge in [-0.05, 0) is 55.0 Å². The number of aryl methyl sites for hydroxylation is 2. The number of fused-ring (bicyclic) bond motifs is 3. The molecule has 0 spiro atoms. The lowest BCUT2D eigenvalue weighted by molar-refractivity contribution is -0.660. The average Bonchev–Trinajstić information content (AvgIpc) is 3.12. The Labute approximate surface area is 171 Å². The van der Waals surface area contributed by atoms with E-state index in [2.05, 4.69) is 55.1 Å². The van der Waals surface area contributed by atoms with Crippen LogP contribution in [0.15, 0.2) is 53.1 Å². The average molecular weight is 381 g/mol. The predicted octanol–water partition coefficient (Wildman–Crippen LogP) is 6.31. The van der Waals surface area contributed by atoms with Crippen LogP contribution in [-0.2, 0) is 7.05 Å². The maximum atomic E-state index is 9.24. The van der Waals surface area contributed by atoms with Crippen LogP contribution in [0.4, 0.5) is 0 Å². The molecule has 2 heterocycles. The fraction of sp³-hybridized carbons (Fsp3) is 0.308. The second-order valence-electron chi connectivity index (χ2n) is 8.35. The molecular weight excluding hydrogens is 356 g/mol. The highest BCUT2D eigenvalue weighted by molar-refractivity contribution is 6.09. The van der Waals surface area contributed by atoms with Crippen LogP contribution in [0.25, 0.3) is 33.2 Å². The van der Waals surface area contributed by atoms with E-state index in [-0.39, 0.29) is 0 Å². The molecule has 2 aromatic carbocycles. The Morgan fingerprint density at radius 3 is 2.59 bits per heavy atom. The van der Waals surface area contributed by atoms with Crippen LogP contribution in [0.2, 0.25) is 0 Å². The third-order valence-corrected chi connectivity index (χ3v) is 6.49. The molecule has 2 aromatic heterocycles. The number of nitrogens with zero attached hydrogens (tertiary/aromatic N) is 2. The molecule has 0 unspecified atom stereocenters. The minimum Gasteiger partial charge on any atom is -0.455 e. The maximum Gasteiger partial charge on any atom is 0.216 e. The highest BCUT2D eigenvalue weighted by atomic mass is 16.3. The van der Waals surface area contributed by atoms with Gasteiger partial charge in [0.25, 0.3) is 0 Å². The SMILES string of the molecule is Cc1ccc2c(oc3cc(C#N)ccc32)c1-c1cc(C2CCCCC2)cc[n+]1C. The Bertz CT molecular complexity index is 1270. The van der Waals surface area contributed by atoms with Crippen molar-refractivity contribution in [3.05, 3.63) is 65.4 Å². The molecule has 0 atom stereocenters. The van der Waals surface area contributed by atoms with Gasteiger partial charge in [-0.2, -0.15) is 5.26 Å². The van der Waals surface area contributed by atoms with Crippen molar-refractivity contribution in [3.8, 4) is 17.3 Å². The van der Waals surface area contributed by atoms with Gasteiger partial charge in [0.1, 0.15) is 18.2 Å². The number of nitriles is 1. The first-order chi connectivity index (χ1) is 14.2. The van der Waals surface area contributed by atoms with Crippen molar-refractivity contribution < 1.29 is 8.98 Å². The van der Waals surface area contributed by atoms with Gasteiger partial charge >= 0.3 is 0 Å². The van der Waals surface area contributed by atoms with Crippen molar-refractivity contribution in [2.24, 2.45) is 7.05 Å². The molecular formula is C26H25N2O+. The van der Waals surface area contributed by atoms with E-state index in [1.54, 1.807) is 0 Å². The molecule has 4 aromatic rings. The van der Waals surface area contributed by atoms with Crippen LogP contribution in [0.5, 0.6) is 0 Å². The lowest BCUT2D eigenvalue weighted by Crippen LogP contribution is -2.31. The van der Waals surface area contributed by atoms with Crippen LogP contribution in [0.3, 0.4) is 0 Å². The third-order valence-electron chi connectivity index (χ3n) is 6.49. The van der Waals surface area contributed by atoms with Crippen molar-refractivity contribution in [3.63, 3.8) is 0 Å². The summed E-state index contributed by atoms with van der Waals surface area (Å²) in [4.78, 5) is 0. The number of pyridine rings is 1. The summed E-state index contributed by atoms with van der Waals surface area (Å²) in [5, 5.41) is 11.4. The molecule has 0 aliphatic heterocycles. The predicted molar refractivity (Wildman–Crippen MR) is 116 cm³/mol. The van der Waals surface area contributed by atoms with Crippen LogP contribution < -0.4 is 4.57 Å². The molecule has 1 saturated carbocycles. The minimum absolute atomic E-state index is 0.625. The summed E-state index contributed by atoms with van der Waals surface area (Å²) in [5.74, 6) is 0.664. The van der Waals surface area contributed by atoms with E-state index in [0.29, 0.717) is 11.5 Å². The summed E-state index contributed by atoms with van der Waals surface area (Å²) >= 11 is 0. The van der Waals surface area contributed by atoms with Gasteiger partial charge in [-0.25, -0.2) is 4.57 Å². The molecule has 1 aliphatic carbocycles. The first-order valence-electron chi connectivity index (χ1n) is 10.5. The van der Waals surface area contributed by atoms with Crippen molar-refractivity contribution in [1.29, 1.82) is 5.26 Å². The molecule has 3 heteroatoms. The minimum atomic E-state index is 0.625. The topological polar surface area (TPSA) is 40.8 Å². The van der Waals surface area contributed by atoms with E-state index >= 15 is 0 Å². The molecule has 29 heavy (non-hydrogen) atoms. The first-order valence-corrected chi connectivity index (χ1v) is 10.5. The Kier molecular flexibility index (Phi) is 4.36. The molecule has 0 saturated heterocycles. The summed E-state index contributed by atoms with van der Waals surface area (Å²) in [6, 6.07) is 16.9. The first kappa shape index (κ1) is 17.9. The second-order valence-corrected chi connectivity index (χ2v) is 8.35. The number of hydrogen-bond acceptors (Lipinski definition) is 2. The molecule has 0 bridgehead atoms. The smallest absolute Gasteiger partial charge is 0.216 e. The van der Waals surface area contributed by atoms with Gasteiger partial charge in [-0.1, -0.05) is 31.4 Å². The molecule has 144 valence electrons. The van der Waals surface area contributed by atoms with Crippen molar-refractivity contribution in [1.82, 2.24) is 0 Å². The lowest BCUT2D eigenvalue weighted by atomic mass is 9.84. The van der Waals surface area contributed by atoms with Gasteiger partial charge in [0, 0.05) is 22.9 Å². The van der Waals surface area contributed by atoms with Gasteiger partial charge in [0.15, 0.2) is 6.20 Å². The van der Waals surface area contributed by atoms with Gasteiger partial charge in [0.2, 0.25) is 5.69 Å². The Balaban J connectivity index is 1.74. The van der Waals surface area contributed by atoms with E-state index < -0.39 is 0 Å². The van der Waals surface area contributed by atoms with Crippen LogP contribution in [0, 0.1) is 18.3 Å². The fourth-order valence-corrected chi connectivity index (χ4v) is 4.85. The summed E-state index contributed by atoms with van der Waals surface area (Å²) in [7, 11) is 2.11. The number of furan rings is 1. The summed E-state index contributed by atoms with van der Waals surface area (Å²) < 4.78 is 8.53. The summed E-state index contributed by atoms with van der Waals surface area (Å²) in [5.41, 5.74) is 7.29. The lowest BCUT2D eigenvalue weighted by Gasteiger charge is -2.21. The van der Waals surface area contributed by atoms with Gasteiger partial charge < -0.3 is 4.42 Å². The van der Waals surface area contributed by atoms with E-state index in [1.165, 1.54) is 48.9 Å². The molecule has 0 radical (unpaired) electrons. The molecule has 3 nitrogen and oxygen atoms in total. The fourth-order valence-electron chi connectivity index (χ4n) is 4.85. The van der Waals surface area contributed by atoms with E-state index in [4.69, 9.17) is 4.42 Å². The number of aromatic nitrogens is 1. The van der Waals surface area contributed by atoms with Crippen molar-refractivity contribution in [2.45, 2.75) is 44.9 Å². The molecule has 1 fully saturated rings. The van der Waals surface area contributed by atoms with Gasteiger partial charge in [-0.15, -0.1) is 0 Å².